The van der Waals surface area contributed by atoms with Gasteiger partial charge in [-0.3, -0.25) is 4.40 Å². The second-order valence-corrected chi connectivity index (χ2v) is 9.00. The normalized spacial score (nSPS) is 16.4. The number of thioether (sulfide) groups is 1. The number of hydrogen-bond acceptors (Lipinski definition) is 4. The first-order valence-corrected chi connectivity index (χ1v) is 9.45. The van der Waals surface area contributed by atoms with Crippen molar-refractivity contribution in [1.82, 2.24) is 14.6 Å². The minimum atomic E-state index is -0.940. The maximum absolute atomic E-state index is 10.4. The van der Waals surface area contributed by atoms with Gasteiger partial charge >= 0.3 is 0 Å². The Bertz CT molecular complexity index is 951. The second-order valence-electron chi connectivity index (χ2n) is 7.54. The molecule has 0 amide bonds. The van der Waals surface area contributed by atoms with Gasteiger partial charge < -0.3 is 5.11 Å². The molecular weight excluding hydrogens is 330 g/mol. The Morgan fingerprint density at radius 1 is 1.12 bits per heavy atom. The molecule has 1 saturated carbocycles. The van der Waals surface area contributed by atoms with Gasteiger partial charge in [0.05, 0.1) is 10.3 Å². The van der Waals surface area contributed by atoms with E-state index in [-0.39, 0.29) is 4.75 Å². The lowest BCUT2D eigenvalue weighted by atomic mass is 10.00. The van der Waals surface area contributed by atoms with Gasteiger partial charge in [-0.2, -0.15) is 0 Å². The van der Waals surface area contributed by atoms with Gasteiger partial charge in [-0.05, 0) is 69.9 Å². The topological polar surface area (TPSA) is 50.4 Å². The fraction of sp³-hybridized carbons (Fsp3) is 0.400. The number of nitrogens with zero attached hydrogens (tertiary/aromatic N) is 3. The Balaban J connectivity index is 1.75. The van der Waals surface area contributed by atoms with Crippen molar-refractivity contribution in [3.05, 3.63) is 59.0 Å². The summed E-state index contributed by atoms with van der Waals surface area (Å²) in [5, 5.41) is 19.3. The number of fused-ring (bicyclic) bond motifs is 1. The van der Waals surface area contributed by atoms with Gasteiger partial charge in [0.2, 0.25) is 0 Å². The Morgan fingerprint density at radius 2 is 1.88 bits per heavy atom. The van der Waals surface area contributed by atoms with Crippen molar-refractivity contribution >= 4 is 17.4 Å². The predicted octanol–water partition coefficient (Wildman–Crippen LogP) is 4.35. The quantitative estimate of drug-likeness (QED) is 0.757. The highest BCUT2D eigenvalue weighted by molar-refractivity contribution is 8.00. The second kappa shape index (κ2) is 5.58. The van der Waals surface area contributed by atoms with Crippen LogP contribution < -0.4 is 0 Å². The van der Waals surface area contributed by atoms with Gasteiger partial charge in [0.15, 0.2) is 11.5 Å². The number of aromatic nitrogens is 3. The third kappa shape index (κ3) is 2.85. The summed E-state index contributed by atoms with van der Waals surface area (Å²) in [5.41, 5.74) is 3.25. The summed E-state index contributed by atoms with van der Waals surface area (Å²) in [6.45, 7) is 7.86. The van der Waals surface area contributed by atoms with Crippen LogP contribution in [-0.4, -0.2) is 19.7 Å². The highest BCUT2D eigenvalue weighted by Gasteiger charge is 2.49. The highest BCUT2D eigenvalue weighted by atomic mass is 32.2. The molecule has 0 aliphatic heterocycles. The number of benzene rings is 1. The third-order valence-corrected chi connectivity index (χ3v) is 6.47. The number of rotatable bonds is 4. The summed E-state index contributed by atoms with van der Waals surface area (Å²) in [7, 11) is 0. The van der Waals surface area contributed by atoms with Crippen LogP contribution in [0.25, 0.3) is 5.65 Å². The van der Waals surface area contributed by atoms with E-state index >= 15 is 0 Å². The van der Waals surface area contributed by atoms with E-state index in [0.717, 1.165) is 29.9 Å². The molecule has 0 atom stereocenters. The van der Waals surface area contributed by atoms with E-state index in [0.29, 0.717) is 0 Å². The zero-order valence-corrected chi connectivity index (χ0v) is 15.9. The molecule has 25 heavy (non-hydrogen) atoms. The molecule has 1 N–H and O–H groups in total. The lowest BCUT2D eigenvalue weighted by Crippen LogP contribution is -2.17. The number of hydrogen-bond donors (Lipinski definition) is 1. The minimum absolute atomic E-state index is 0.0145. The minimum Gasteiger partial charge on any atom is -0.386 e. The molecule has 3 aromatic rings. The van der Waals surface area contributed by atoms with Gasteiger partial charge in [-0.25, -0.2) is 0 Å². The Kier molecular flexibility index (Phi) is 3.71. The smallest absolute Gasteiger partial charge is 0.166 e. The molecule has 1 aromatic carbocycles. The van der Waals surface area contributed by atoms with Crippen LogP contribution in [0.4, 0.5) is 0 Å². The lowest BCUT2D eigenvalue weighted by molar-refractivity contribution is 0.0796. The van der Waals surface area contributed by atoms with Crippen LogP contribution in [0.3, 0.4) is 0 Å². The first-order valence-electron chi connectivity index (χ1n) is 8.63. The molecule has 2 heterocycles. The molecule has 0 saturated heterocycles. The number of pyridine rings is 1. The molecule has 4 rings (SSSR count). The molecule has 0 radical (unpaired) electrons. The molecule has 0 bridgehead atoms. The van der Waals surface area contributed by atoms with E-state index in [1.165, 1.54) is 16.0 Å². The fourth-order valence-electron chi connectivity index (χ4n) is 3.19. The zero-order chi connectivity index (χ0) is 17.8. The number of aliphatic hydroxyl groups is 1. The summed E-state index contributed by atoms with van der Waals surface area (Å²) in [6.07, 6.45) is 4.19. The highest BCUT2D eigenvalue weighted by Crippen LogP contribution is 2.59. The van der Waals surface area contributed by atoms with Gasteiger partial charge in [-0.15, -0.1) is 22.0 Å². The van der Waals surface area contributed by atoms with Crippen molar-refractivity contribution in [2.75, 3.05) is 0 Å². The average Bonchev–Trinajstić information content (AvgIpc) is 3.18. The van der Waals surface area contributed by atoms with Crippen LogP contribution in [-0.2, 0) is 10.3 Å². The van der Waals surface area contributed by atoms with E-state index in [4.69, 9.17) is 0 Å². The molecule has 1 aliphatic carbocycles. The van der Waals surface area contributed by atoms with Crippen molar-refractivity contribution in [1.29, 1.82) is 0 Å². The van der Waals surface area contributed by atoms with E-state index in [1.807, 2.05) is 34.5 Å². The maximum atomic E-state index is 10.4. The monoisotopic (exact) mass is 353 g/mol. The first kappa shape index (κ1) is 16.6. The molecule has 2 aromatic heterocycles. The van der Waals surface area contributed by atoms with Crippen molar-refractivity contribution in [2.45, 2.75) is 55.8 Å². The third-order valence-electron chi connectivity index (χ3n) is 5.00. The fourth-order valence-corrected chi connectivity index (χ4v) is 4.55. The van der Waals surface area contributed by atoms with Crippen molar-refractivity contribution in [3.63, 3.8) is 0 Å². The largest absolute Gasteiger partial charge is 0.386 e. The summed E-state index contributed by atoms with van der Waals surface area (Å²) in [4.78, 5) is 1.27. The summed E-state index contributed by atoms with van der Waals surface area (Å²) in [6, 6.07) is 10.5. The standard InChI is InChI=1S/C20H23N3OS/c1-13-7-8-15(12-14(13)2)25-20(9-10-20)18-22-21-17-16(19(3,4)24)6-5-11-23(17)18/h5-8,11-12,24H,9-10H2,1-4H3. The van der Waals surface area contributed by atoms with Gasteiger partial charge in [-0.1, -0.05) is 12.1 Å². The Morgan fingerprint density at radius 3 is 2.52 bits per heavy atom. The molecule has 5 heteroatoms. The SMILES string of the molecule is Cc1ccc(SC2(c3nnc4c(C(C)(C)O)cccn34)CC2)cc1C. The summed E-state index contributed by atoms with van der Waals surface area (Å²) >= 11 is 1.88. The summed E-state index contributed by atoms with van der Waals surface area (Å²) < 4.78 is 2.04. The molecule has 1 fully saturated rings. The Hall–Kier alpha value is -1.85. The van der Waals surface area contributed by atoms with Crippen molar-refractivity contribution in [2.24, 2.45) is 0 Å². The van der Waals surface area contributed by atoms with Gasteiger partial charge in [0.25, 0.3) is 0 Å². The molecule has 0 unspecified atom stereocenters. The lowest BCUT2D eigenvalue weighted by Gasteiger charge is -2.19. The molecule has 0 spiro atoms. The number of aryl methyl sites for hydroxylation is 2. The predicted molar refractivity (Wildman–Crippen MR) is 101 cm³/mol. The molecular formula is C20H23N3OS. The van der Waals surface area contributed by atoms with Crippen LogP contribution in [0, 0.1) is 13.8 Å². The van der Waals surface area contributed by atoms with E-state index in [9.17, 15) is 5.11 Å². The summed E-state index contributed by atoms with van der Waals surface area (Å²) in [5.74, 6) is 0.983. The van der Waals surface area contributed by atoms with Gasteiger partial charge in [0, 0.05) is 16.7 Å². The van der Waals surface area contributed by atoms with Crippen molar-refractivity contribution < 1.29 is 5.11 Å². The van der Waals surface area contributed by atoms with Crippen LogP contribution in [0.2, 0.25) is 0 Å². The van der Waals surface area contributed by atoms with Crippen LogP contribution in [0.5, 0.6) is 0 Å². The molecule has 130 valence electrons. The molecule has 1 aliphatic rings. The van der Waals surface area contributed by atoms with Crippen molar-refractivity contribution in [3.8, 4) is 0 Å². The van der Waals surface area contributed by atoms with E-state index < -0.39 is 5.60 Å². The molecule has 4 nitrogen and oxygen atoms in total. The maximum Gasteiger partial charge on any atom is 0.166 e. The zero-order valence-electron chi connectivity index (χ0n) is 15.1. The first-order chi connectivity index (χ1) is 11.8. The Labute approximate surface area is 152 Å². The van der Waals surface area contributed by atoms with E-state index in [2.05, 4.69) is 42.2 Å². The average molecular weight is 353 g/mol. The van der Waals surface area contributed by atoms with Crippen LogP contribution in [0.1, 0.15) is 49.2 Å². The van der Waals surface area contributed by atoms with Gasteiger partial charge in [0.1, 0.15) is 0 Å². The van der Waals surface area contributed by atoms with Crippen LogP contribution in [0.15, 0.2) is 41.4 Å². The van der Waals surface area contributed by atoms with Crippen LogP contribution >= 0.6 is 11.8 Å². The van der Waals surface area contributed by atoms with E-state index in [1.54, 1.807) is 13.8 Å².